The molecule has 0 aliphatic rings. The summed E-state index contributed by atoms with van der Waals surface area (Å²) in [5, 5.41) is 14.1. The molecule has 0 spiro atoms. The second-order valence-electron chi connectivity index (χ2n) is 4.14. The van der Waals surface area contributed by atoms with Gasteiger partial charge in [0, 0.05) is 0 Å². The van der Waals surface area contributed by atoms with E-state index in [9.17, 15) is 5.11 Å². The molecule has 0 saturated heterocycles. The number of aromatic nitrogens is 2. The zero-order valence-corrected chi connectivity index (χ0v) is 13.8. The Balaban J connectivity index is 2.19. The molecular formula is C13H10N4O2S3. The third-order valence-corrected chi connectivity index (χ3v) is 5.01. The molecule has 22 heavy (non-hydrogen) atoms. The monoisotopic (exact) mass is 350 g/mol. The summed E-state index contributed by atoms with van der Waals surface area (Å²) in [6.45, 7) is 0. The molecule has 0 radical (unpaired) electrons. The molecule has 0 bridgehead atoms. The summed E-state index contributed by atoms with van der Waals surface area (Å²) in [6, 6.07) is 7.79. The van der Waals surface area contributed by atoms with Crippen LogP contribution in [0.4, 0.5) is 5.13 Å². The van der Waals surface area contributed by atoms with Gasteiger partial charge in [-0.25, -0.2) is 9.97 Å². The van der Waals surface area contributed by atoms with Gasteiger partial charge in [-0.15, -0.1) is 11.3 Å². The smallest absolute Gasteiger partial charge is 0.213 e. The van der Waals surface area contributed by atoms with Gasteiger partial charge in [-0.05, 0) is 24.4 Å². The van der Waals surface area contributed by atoms with Crippen LogP contribution in [0, 0.1) is 0 Å². The molecule has 0 unspecified atom stereocenters. The normalized spacial score (nSPS) is 11.8. The maximum absolute atomic E-state index is 9.64. The second kappa shape index (κ2) is 5.95. The summed E-state index contributed by atoms with van der Waals surface area (Å²) in [5.41, 5.74) is 7.14. The Hall–Kier alpha value is -2.10. The zero-order valence-electron chi connectivity index (χ0n) is 11.3. The number of rotatable bonds is 4. The van der Waals surface area contributed by atoms with Crippen LogP contribution >= 0.6 is 34.9 Å². The topological polar surface area (TPSA) is 93.6 Å². The van der Waals surface area contributed by atoms with Gasteiger partial charge < -0.3 is 15.7 Å². The van der Waals surface area contributed by atoms with Crippen LogP contribution in [0.3, 0.4) is 0 Å². The lowest BCUT2D eigenvalue weighted by molar-refractivity contribution is 0.214. The lowest BCUT2D eigenvalue weighted by atomic mass is 10.2. The fourth-order valence-electron chi connectivity index (χ4n) is 1.89. The fourth-order valence-corrected chi connectivity index (χ4v) is 3.89. The molecule has 2 aromatic heterocycles. The molecule has 0 aliphatic carbocycles. The molecule has 6 nitrogen and oxygen atoms in total. The number of benzene rings is 1. The number of fused-ring (bicyclic) bond motifs is 1. The van der Waals surface area contributed by atoms with E-state index in [1.54, 1.807) is 0 Å². The molecule has 0 fully saturated rings. The predicted molar refractivity (Wildman–Crippen MR) is 93.9 cm³/mol. The minimum absolute atomic E-state index is 0.0692. The number of aliphatic hydroxyl groups is 1. The molecule has 112 valence electrons. The average Bonchev–Trinajstić information content (AvgIpc) is 3.07. The molecular weight excluding hydrogens is 340 g/mol. The van der Waals surface area contributed by atoms with Crippen molar-refractivity contribution in [1.29, 1.82) is 0 Å². The average molecular weight is 350 g/mol. The van der Waals surface area contributed by atoms with Gasteiger partial charge in [0.15, 0.2) is 10.8 Å². The lowest BCUT2D eigenvalue weighted by Gasteiger charge is -2.00. The summed E-state index contributed by atoms with van der Waals surface area (Å²) in [4.78, 5) is 14.2. The van der Waals surface area contributed by atoms with Crippen LogP contribution in [0.2, 0.25) is 0 Å². The van der Waals surface area contributed by atoms with Crippen LogP contribution < -0.4 is 5.73 Å². The van der Waals surface area contributed by atoms with Crippen LogP contribution in [0.5, 0.6) is 0 Å². The minimum Gasteiger partial charge on any atom is -0.497 e. The number of oxime groups is 1. The zero-order chi connectivity index (χ0) is 15.7. The van der Waals surface area contributed by atoms with Crippen molar-refractivity contribution in [3.63, 3.8) is 0 Å². The first kappa shape index (κ1) is 14.8. The van der Waals surface area contributed by atoms with Crippen molar-refractivity contribution in [2.75, 3.05) is 12.8 Å². The third kappa shape index (κ3) is 2.65. The molecule has 0 aliphatic heterocycles. The number of aliphatic hydroxyl groups excluding tert-OH is 1. The number of nitrogens with two attached hydrogens (primary N) is 1. The van der Waals surface area contributed by atoms with Crippen molar-refractivity contribution in [2.24, 2.45) is 5.16 Å². The van der Waals surface area contributed by atoms with E-state index in [-0.39, 0.29) is 5.71 Å². The van der Waals surface area contributed by atoms with E-state index < -0.39 is 5.05 Å². The first-order valence-electron chi connectivity index (χ1n) is 6.07. The van der Waals surface area contributed by atoms with E-state index in [0.29, 0.717) is 15.7 Å². The van der Waals surface area contributed by atoms with Gasteiger partial charge in [0.1, 0.15) is 17.8 Å². The highest BCUT2D eigenvalue weighted by Crippen LogP contribution is 2.37. The summed E-state index contributed by atoms with van der Waals surface area (Å²) >= 11 is 7.57. The Morgan fingerprint density at radius 3 is 2.77 bits per heavy atom. The van der Waals surface area contributed by atoms with Crippen LogP contribution in [0.1, 0.15) is 5.69 Å². The summed E-state index contributed by atoms with van der Waals surface area (Å²) in [6.07, 6.45) is 0. The maximum atomic E-state index is 9.64. The molecule has 1 aromatic carbocycles. The molecule has 0 amide bonds. The summed E-state index contributed by atoms with van der Waals surface area (Å²) in [5.74, 6) is 0. The largest absolute Gasteiger partial charge is 0.497 e. The van der Waals surface area contributed by atoms with Gasteiger partial charge in [0.2, 0.25) is 5.05 Å². The van der Waals surface area contributed by atoms with E-state index in [1.807, 2.05) is 24.3 Å². The number of hydrogen-bond donors (Lipinski definition) is 2. The molecule has 3 N–H and O–H groups in total. The molecule has 0 atom stereocenters. The Bertz CT molecular complexity index is 851. The van der Waals surface area contributed by atoms with E-state index >= 15 is 0 Å². The fraction of sp³-hybridized carbons (Fsp3) is 0.0769. The summed E-state index contributed by atoms with van der Waals surface area (Å²) in [7, 11) is 1.37. The van der Waals surface area contributed by atoms with E-state index in [1.165, 1.54) is 29.8 Å². The number of hydrogen-bond acceptors (Lipinski definition) is 8. The molecule has 3 aromatic rings. The van der Waals surface area contributed by atoms with E-state index in [2.05, 4.69) is 15.1 Å². The highest BCUT2D eigenvalue weighted by atomic mass is 32.1. The van der Waals surface area contributed by atoms with Crippen LogP contribution in [-0.4, -0.2) is 32.9 Å². The maximum Gasteiger partial charge on any atom is 0.213 e. The van der Waals surface area contributed by atoms with Crippen LogP contribution in [0.25, 0.3) is 20.1 Å². The van der Waals surface area contributed by atoms with E-state index in [4.69, 9.17) is 22.8 Å². The molecule has 0 saturated carbocycles. The highest BCUT2D eigenvalue weighted by molar-refractivity contribution is 7.81. The van der Waals surface area contributed by atoms with Crippen molar-refractivity contribution < 1.29 is 9.94 Å². The van der Waals surface area contributed by atoms with Gasteiger partial charge in [-0.2, -0.15) is 0 Å². The Labute approximate surface area is 138 Å². The van der Waals surface area contributed by atoms with E-state index in [0.717, 1.165) is 15.2 Å². The SMILES string of the molecule is CO/N=C(\C(O)=S)c1nc(N)sc1-c1nc2ccccc2s1. The second-order valence-corrected chi connectivity index (χ2v) is 6.59. The standard InChI is InChI=1S/C13H10N4O2S3/c1-19-17-9(12(18)20)8-10(22-13(14)16-8)11-15-6-4-2-3-5-7(6)21-11/h2-5H,1H3,(H2,14,16)(H,18,20)/b17-9-. The molecule has 9 heteroatoms. The summed E-state index contributed by atoms with van der Waals surface area (Å²) < 4.78 is 1.05. The first-order valence-corrected chi connectivity index (χ1v) is 8.11. The number of thiazole rings is 2. The Morgan fingerprint density at radius 2 is 2.09 bits per heavy atom. The lowest BCUT2D eigenvalue weighted by Crippen LogP contribution is -2.14. The number of anilines is 1. The first-order chi connectivity index (χ1) is 10.6. The van der Waals surface area contributed by atoms with Crippen molar-refractivity contribution in [3.8, 4) is 9.88 Å². The van der Waals surface area contributed by atoms with Crippen molar-refractivity contribution >= 4 is 61.0 Å². The Morgan fingerprint density at radius 1 is 1.32 bits per heavy atom. The molecule has 3 rings (SSSR count). The van der Waals surface area contributed by atoms with Gasteiger partial charge in [0.05, 0.1) is 15.1 Å². The van der Waals surface area contributed by atoms with Crippen LogP contribution in [0.15, 0.2) is 29.4 Å². The molecule has 2 heterocycles. The van der Waals surface area contributed by atoms with Crippen LogP contribution in [-0.2, 0) is 4.84 Å². The van der Waals surface area contributed by atoms with Crippen molar-refractivity contribution in [3.05, 3.63) is 30.0 Å². The third-order valence-electron chi connectivity index (χ3n) is 2.74. The minimum atomic E-state index is -0.408. The van der Waals surface area contributed by atoms with Gasteiger partial charge in [-0.3, -0.25) is 0 Å². The van der Waals surface area contributed by atoms with Gasteiger partial charge >= 0.3 is 0 Å². The number of thiocarbonyl (C=S) groups is 1. The highest BCUT2D eigenvalue weighted by Gasteiger charge is 2.23. The quantitative estimate of drug-likeness (QED) is 0.426. The number of nitrogens with zero attached hydrogens (tertiary/aromatic N) is 3. The van der Waals surface area contributed by atoms with Gasteiger partial charge in [-0.1, -0.05) is 28.6 Å². The predicted octanol–water partition coefficient (Wildman–Crippen LogP) is 3.24. The Kier molecular flexibility index (Phi) is 4.01. The number of para-hydroxylation sites is 1. The number of nitrogen functional groups attached to an aromatic ring is 1. The van der Waals surface area contributed by atoms with Crippen molar-refractivity contribution in [2.45, 2.75) is 0 Å². The van der Waals surface area contributed by atoms with Gasteiger partial charge in [0.25, 0.3) is 0 Å². The van der Waals surface area contributed by atoms with Crippen molar-refractivity contribution in [1.82, 2.24) is 9.97 Å².